The molecule has 2 N–H and O–H groups in total. The molecule has 4 aliphatic rings. The second kappa shape index (κ2) is 4.80. The van der Waals surface area contributed by atoms with Gasteiger partial charge >= 0.3 is 6.09 Å². The fraction of sp³-hybridized carbons (Fsp3) is 0.800. The highest BCUT2D eigenvalue weighted by molar-refractivity contribution is 5.71. The van der Waals surface area contributed by atoms with Crippen molar-refractivity contribution in [3.8, 4) is 0 Å². The molecular formula is C15H26N4O2. The first-order valence-corrected chi connectivity index (χ1v) is 7.76. The summed E-state index contributed by atoms with van der Waals surface area (Å²) < 4.78 is 5.62. The number of fused-ring (bicyclic) bond motifs is 2. The summed E-state index contributed by atoms with van der Waals surface area (Å²) in [5.41, 5.74) is 5.47. The molecule has 1 amide bonds. The van der Waals surface area contributed by atoms with E-state index in [0.717, 1.165) is 25.8 Å². The molecule has 3 atom stereocenters. The quantitative estimate of drug-likeness (QED) is 0.815. The Morgan fingerprint density at radius 1 is 1.43 bits per heavy atom. The van der Waals surface area contributed by atoms with Gasteiger partial charge in [0.1, 0.15) is 5.60 Å². The maximum Gasteiger partial charge on any atom is 0.411 e. The molecule has 2 bridgehead atoms. The van der Waals surface area contributed by atoms with Gasteiger partial charge in [0.2, 0.25) is 0 Å². The lowest BCUT2D eigenvalue weighted by molar-refractivity contribution is -0.133. The number of hydrogen-bond donors (Lipinski definition) is 2. The second-order valence-electron chi connectivity index (χ2n) is 7.68. The lowest BCUT2D eigenvalue weighted by atomic mass is 9.64. The van der Waals surface area contributed by atoms with Crippen molar-refractivity contribution in [2.75, 3.05) is 6.54 Å². The van der Waals surface area contributed by atoms with Crippen LogP contribution >= 0.6 is 0 Å². The summed E-state index contributed by atoms with van der Waals surface area (Å²) >= 11 is 0. The van der Waals surface area contributed by atoms with Crippen LogP contribution in [0.2, 0.25) is 0 Å². The van der Waals surface area contributed by atoms with Crippen LogP contribution in [0.1, 0.15) is 47.0 Å². The zero-order valence-electron chi connectivity index (χ0n) is 13.3. The first kappa shape index (κ1) is 14.5. The molecule has 0 aromatic carbocycles. The number of rotatable bonds is 2. The van der Waals surface area contributed by atoms with E-state index < -0.39 is 5.60 Å². The van der Waals surface area contributed by atoms with Gasteiger partial charge in [-0.25, -0.2) is 4.79 Å². The van der Waals surface area contributed by atoms with E-state index in [2.05, 4.69) is 17.9 Å². The fourth-order valence-corrected chi connectivity index (χ4v) is 4.02. The Kier molecular flexibility index (Phi) is 3.31. The number of ether oxygens (including phenoxy) is 1. The summed E-state index contributed by atoms with van der Waals surface area (Å²) in [6.45, 7) is 8.83. The van der Waals surface area contributed by atoms with Crippen molar-refractivity contribution in [2.24, 2.45) is 5.92 Å². The van der Waals surface area contributed by atoms with Crippen LogP contribution in [0.25, 0.3) is 0 Å². The van der Waals surface area contributed by atoms with E-state index >= 15 is 0 Å². The Labute approximate surface area is 126 Å². The molecule has 3 aliphatic heterocycles. The van der Waals surface area contributed by atoms with Gasteiger partial charge in [0.25, 0.3) is 0 Å². The molecule has 6 nitrogen and oxygen atoms in total. The van der Waals surface area contributed by atoms with Gasteiger partial charge in [-0.1, -0.05) is 6.92 Å². The van der Waals surface area contributed by atoms with Gasteiger partial charge in [0.05, 0.1) is 12.1 Å². The van der Waals surface area contributed by atoms with Crippen LogP contribution in [0, 0.1) is 5.92 Å². The number of nitrogens with one attached hydrogen (secondary N) is 2. The zero-order valence-corrected chi connectivity index (χ0v) is 13.3. The molecule has 1 aliphatic carbocycles. The summed E-state index contributed by atoms with van der Waals surface area (Å²) in [7, 11) is 0. The predicted octanol–water partition coefficient (Wildman–Crippen LogP) is 1.96. The van der Waals surface area contributed by atoms with Gasteiger partial charge in [0.15, 0.2) is 0 Å². The summed E-state index contributed by atoms with van der Waals surface area (Å²) in [6, 6.07) is 0.336. The minimum Gasteiger partial charge on any atom is -0.444 e. The number of piperidine rings is 1. The van der Waals surface area contributed by atoms with Crippen molar-refractivity contribution in [2.45, 2.75) is 64.1 Å². The molecule has 21 heavy (non-hydrogen) atoms. The van der Waals surface area contributed by atoms with E-state index in [4.69, 9.17) is 4.74 Å². The minimum atomic E-state index is -0.443. The molecule has 0 spiro atoms. The SMILES string of the molecule is C[C@@H]1C[C@@H]2CC(CN3C=CNN3)(C1)N2C(=O)OC(C)(C)C. The van der Waals surface area contributed by atoms with Crippen LogP contribution in [-0.2, 0) is 4.74 Å². The topological polar surface area (TPSA) is 56.8 Å². The van der Waals surface area contributed by atoms with Crippen molar-refractivity contribution < 1.29 is 9.53 Å². The van der Waals surface area contributed by atoms with Gasteiger partial charge in [0, 0.05) is 18.4 Å². The minimum absolute atomic E-state index is 0.103. The monoisotopic (exact) mass is 294 g/mol. The number of hydrogen-bond acceptors (Lipinski definition) is 5. The molecule has 3 heterocycles. The summed E-state index contributed by atoms with van der Waals surface area (Å²) in [5.74, 6) is 0.655. The largest absolute Gasteiger partial charge is 0.444 e. The zero-order chi connectivity index (χ0) is 15.3. The molecule has 1 unspecified atom stereocenters. The van der Waals surface area contributed by atoms with E-state index in [1.807, 2.05) is 43.1 Å². The van der Waals surface area contributed by atoms with Crippen LogP contribution in [-0.4, -0.2) is 39.7 Å². The lowest BCUT2D eigenvalue weighted by Gasteiger charge is -2.63. The number of carbonyl (C=O) groups excluding carboxylic acids is 1. The highest BCUT2D eigenvalue weighted by Gasteiger charge is 2.59. The summed E-state index contributed by atoms with van der Waals surface area (Å²) in [4.78, 5) is 14.6. The third kappa shape index (κ3) is 2.69. The molecule has 3 fully saturated rings. The molecule has 0 aromatic rings. The second-order valence-corrected chi connectivity index (χ2v) is 7.68. The first-order valence-electron chi connectivity index (χ1n) is 7.76. The molecule has 2 saturated heterocycles. The normalized spacial score (nSPS) is 34.5. The lowest BCUT2D eigenvalue weighted by Crippen LogP contribution is -2.75. The molecule has 118 valence electrons. The van der Waals surface area contributed by atoms with E-state index in [0.29, 0.717) is 12.0 Å². The molecule has 0 aromatic heterocycles. The van der Waals surface area contributed by atoms with Crippen molar-refractivity contribution in [3.05, 3.63) is 12.4 Å². The Balaban J connectivity index is 1.75. The van der Waals surface area contributed by atoms with Crippen molar-refractivity contribution >= 4 is 6.09 Å². The molecule has 4 rings (SSSR count). The van der Waals surface area contributed by atoms with Gasteiger partial charge in [-0.15, -0.1) is 5.53 Å². The average molecular weight is 294 g/mol. The highest BCUT2D eigenvalue weighted by Crippen LogP contribution is 2.50. The summed E-state index contributed by atoms with van der Waals surface area (Å²) in [5, 5.41) is 2.01. The average Bonchev–Trinajstić information content (AvgIpc) is 2.77. The van der Waals surface area contributed by atoms with E-state index in [1.165, 1.54) is 0 Å². The first-order chi connectivity index (χ1) is 9.79. The van der Waals surface area contributed by atoms with Crippen LogP contribution in [0.4, 0.5) is 4.79 Å². The predicted molar refractivity (Wildman–Crippen MR) is 79.7 cm³/mol. The number of hydrazine groups is 2. The van der Waals surface area contributed by atoms with Gasteiger partial charge in [-0.05, 0) is 46.0 Å². The smallest absolute Gasteiger partial charge is 0.411 e. The molecular weight excluding hydrogens is 268 g/mol. The van der Waals surface area contributed by atoms with Crippen molar-refractivity contribution in [3.63, 3.8) is 0 Å². The molecule has 0 radical (unpaired) electrons. The van der Waals surface area contributed by atoms with Gasteiger partial charge in [-0.3, -0.25) is 9.91 Å². The third-order valence-corrected chi connectivity index (χ3v) is 4.50. The Bertz CT molecular complexity index is 459. The van der Waals surface area contributed by atoms with Crippen LogP contribution < -0.4 is 11.0 Å². The van der Waals surface area contributed by atoms with Crippen molar-refractivity contribution in [1.29, 1.82) is 0 Å². The summed E-state index contributed by atoms with van der Waals surface area (Å²) in [6.07, 6.45) is 6.85. The number of carbonyl (C=O) groups is 1. The van der Waals surface area contributed by atoms with Gasteiger partial charge in [-0.2, -0.15) is 0 Å². The maximum atomic E-state index is 12.6. The highest BCUT2D eigenvalue weighted by atomic mass is 16.6. The third-order valence-electron chi connectivity index (χ3n) is 4.50. The Morgan fingerprint density at radius 2 is 2.19 bits per heavy atom. The van der Waals surface area contributed by atoms with Crippen LogP contribution in [0.15, 0.2) is 12.4 Å². The van der Waals surface area contributed by atoms with Crippen molar-refractivity contribution in [1.82, 2.24) is 20.9 Å². The maximum absolute atomic E-state index is 12.6. The van der Waals surface area contributed by atoms with Crippen LogP contribution in [0.3, 0.4) is 0 Å². The standard InChI is InChI=1S/C15H26N4O2/c1-11-7-12-9-15(8-11,10-18-6-5-16-17-18)19(12)13(20)21-14(2,3)4/h5-6,11-12,16-17H,7-10H2,1-4H3/t11-,12-,15?/m1/s1. The van der Waals surface area contributed by atoms with E-state index in [1.54, 1.807) is 0 Å². The fourth-order valence-electron chi connectivity index (χ4n) is 4.02. The number of nitrogens with zero attached hydrogens (tertiary/aromatic N) is 2. The van der Waals surface area contributed by atoms with Gasteiger partial charge < -0.3 is 10.2 Å². The Morgan fingerprint density at radius 3 is 2.81 bits per heavy atom. The van der Waals surface area contributed by atoms with E-state index in [-0.39, 0.29) is 11.6 Å². The van der Waals surface area contributed by atoms with E-state index in [9.17, 15) is 4.79 Å². The number of amides is 1. The molecule has 1 saturated carbocycles. The molecule has 6 heteroatoms. The van der Waals surface area contributed by atoms with Crippen LogP contribution in [0.5, 0.6) is 0 Å². The Hall–Kier alpha value is -1.43.